The molecule has 2 N–H and O–H groups in total. The maximum atomic E-state index is 12.6. The molecule has 1 fully saturated rings. The molecule has 1 atom stereocenters. The maximum Gasteiger partial charge on any atom is 0.254 e. The highest BCUT2D eigenvalue weighted by atomic mass is 16.3. The second-order valence-corrected chi connectivity index (χ2v) is 7.04. The summed E-state index contributed by atoms with van der Waals surface area (Å²) >= 11 is 0. The molecule has 6 nitrogen and oxygen atoms in total. The van der Waals surface area contributed by atoms with Crippen molar-refractivity contribution < 1.29 is 9.90 Å². The van der Waals surface area contributed by atoms with Crippen LogP contribution in [-0.2, 0) is 6.42 Å². The molecular formula is C19H26N4O2. The molecule has 0 saturated heterocycles. The molecule has 3 rings (SSSR count). The first-order valence-corrected chi connectivity index (χ1v) is 8.96. The minimum absolute atomic E-state index is 0.0115. The van der Waals surface area contributed by atoms with Crippen molar-refractivity contribution in [1.82, 2.24) is 20.1 Å². The molecule has 25 heavy (non-hydrogen) atoms. The third-order valence-corrected chi connectivity index (χ3v) is 4.57. The fourth-order valence-electron chi connectivity index (χ4n) is 3.07. The minimum atomic E-state index is -0.103. The van der Waals surface area contributed by atoms with Crippen LogP contribution in [-0.4, -0.2) is 38.9 Å². The normalized spacial score (nSPS) is 15.4. The van der Waals surface area contributed by atoms with E-state index in [0.717, 1.165) is 24.2 Å². The number of carbonyl (C=O) groups is 1. The number of nitrogens with zero attached hydrogens (tertiary/aromatic N) is 3. The first-order chi connectivity index (χ1) is 12.1. The second-order valence-electron chi connectivity index (χ2n) is 7.04. The Labute approximate surface area is 148 Å². The SMILES string of the molecule is CC(C)n1ncc(C(=O)NCC(CO)Cc2ccccn2)c1C1CC1. The van der Waals surface area contributed by atoms with Gasteiger partial charge in [0.25, 0.3) is 5.91 Å². The summed E-state index contributed by atoms with van der Waals surface area (Å²) in [6.45, 7) is 4.59. The van der Waals surface area contributed by atoms with Crippen molar-refractivity contribution >= 4 is 5.91 Å². The molecule has 1 aliphatic carbocycles. The number of aliphatic hydroxyl groups is 1. The van der Waals surface area contributed by atoms with Crippen LogP contribution in [0.1, 0.15) is 60.4 Å². The Morgan fingerprint density at radius 1 is 1.40 bits per heavy atom. The minimum Gasteiger partial charge on any atom is -0.396 e. The van der Waals surface area contributed by atoms with Crippen LogP contribution in [0.25, 0.3) is 0 Å². The summed E-state index contributed by atoms with van der Waals surface area (Å²) in [5.41, 5.74) is 2.64. The molecule has 1 amide bonds. The number of hydrogen-bond donors (Lipinski definition) is 2. The van der Waals surface area contributed by atoms with E-state index in [1.807, 2.05) is 22.9 Å². The monoisotopic (exact) mass is 342 g/mol. The number of carbonyl (C=O) groups excluding carboxylic acids is 1. The zero-order valence-corrected chi connectivity index (χ0v) is 14.9. The molecule has 0 bridgehead atoms. The van der Waals surface area contributed by atoms with Crippen molar-refractivity contribution in [1.29, 1.82) is 0 Å². The quantitative estimate of drug-likeness (QED) is 0.771. The molecule has 2 heterocycles. The lowest BCUT2D eigenvalue weighted by Crippen LogP contribution is -2.32. The average molecular weight is 342 g/mol. The Morgan fingerprint density at radius 3 is 2.80 bits per heavy atom. The number of hydrogen-bond acceptors (Lipinski definition) is 4. The highest BCUT2D eigenvalue weighted by Crippen LogP contribution is 2.42. The van der Waals surface area contributed by atoms with E-state index in [9.17, 15) is 9.90 Å². The molecular weight excluding hydrogens is 316 g/mol. The van der Waals surface area contributed by atoms with Gasteiger partial charge in [-0.3, -0.25) is 14.5 Å². The van der Waals surface area contributed by atoms with Gasteiger partial charge in [-0.15, -0.1) is 0 Å². The van der Waals surface area contributed by atoms with Crippen molar-refractivity contribution in [2.24, 2.45) is 5.92 Å². The zero-order valence-electron chi connectivity index (χ0n) is 14.9. The molecule has 1 aliphatic rings. The van der Waals surface area contributed by atoms with Crippen LogP contribution < -0.4 is 5.32 Å². The van der Waals surface area contributed by atoms with E-state index in [0.29, 0.717) is 24.4 Å². The topological polar surface area (TPSA) is 80.0 Å². The Hall–Kier alpha value is -2.21. The van der Waals surface area contributed by atoms with Gasteiger partial charge in [-0.2, -0.15) is 5.10 Å². The first-order valence-electron chi connectivity index (χ1n) is 8.96. The molecule has 0 spiro atoms. The summed E-state index contributed by atoms with van der Waals surface area (Å²) in [6, 6.07) is 5.97. The summed E-state index contributed by atoms with van der Waals surface area (Å²) in [5.74, 6) is 0.296. The summed E-state index contributed by atoms with van der Waals surface area (Å²) in [4.78, 5) is 16.9. The standard InChI is InChI=1S/C19H26N4O2/c1-13(2)23-18(15-6-7-15)17(11-22-23)19(25)21-10-14(12-24)9-16-5-3-4-8-20-16/h3-5,8,11,13-15,24H,6-7,9-10,12H2,1-2H3,(H,21,25). The largest absolute Gasteiger partial charge is 0.396 e. The van der Waals surface area contributed by atoms with E-state index >= 15 is 0 Å². The van der Waals surface area contributed by atoms with Gasteiger partial charge in [0, 0.05) is 42.9 Å². The van der Waals surface area contributed by atoms with Crippen molar-refractivity contribution in [2.75, 3.05) is 13.2 Å². The molecule has 1 saturated carbocycles. The second kappa shape index (κ2) is 7.78. The number of pyridine rings is 1. The lowest BCUT2D eigenvalue weighted by atomic mass is 10.0. The van der Waals surface area contributed by atoms with E-state index in [-0.39, 0.29) is 24.5 Å². The van der Waals surface area contributed by atoms with Crippen molar-refractivity contribution in [3.63, 3.8) is 0 Å². The molecule has 1 unspecified atom stereocenters. The molecule has 0 aliphatic heterocycles. The highest BCUT2D eigenvalue weighted by Gasteiger charge is 2.33. The van der Waals surface area contributed by atoms with E-state index < -0.39 is 0 Å². The van der Waals surface area contributed by atoms with Crippen LogP contribution in [0.5, 0.6) is 0 Å². The molecule has 2 aromatic heterocycles. The van der Waals surface area contributed by atoms with Gasteiger partial charge in [0.05, 0.1) is 17.5 Å². The van der Waals surface area contributed by atoms with Crippen LogP contribution >= 0.6 is 0 Å². The highest BCUT2D eigenvalue weighted by molar-refractivity contribution is 5.95. The van der Waals surface area contributed by atoms with E-state index in [1.54, 1.807) is 12.4 Å². The number of rotatable bonds is 8. The Bertz CT molecular complexity index is 707. The third-order valence-electron chi connectivity index (χ3n) is 4.57. The van der Waals surface area contributed by atoms with Crippen molar-refractivity contribution in [3.05, 3.63) is 47.5 Å². The Kier molecular flexibility index (Phi) is 5.48. The first kappa shape index (κ1) is 17.6. The van der Waals surface area contributed by atoms with Gasteiger partial charge in [-0.1, -0.05) is 6.07 Å². The molecule has 0 radical (unpaired) electrons. The molecule has 2 aromatic rings. The number of amides is 1. The lowest BCUT2D eigenvalue weighted by Gasteiger charge is -2.15. The number of aliphatic hydroxyl groups excluding tert-OH is 1. The van der Waals surface area contributed by atoms with Gasteiger partial charge in [-0.05, 0) is 45.2 Å². The fourth-order valence-corrected chi connectivity index (χ4v) is 3.07. The number of aromatic nitrogens is 3. The Morgan fingerprint density at radius 2 is 2.20 bits per heavy atom. The Balaban J connectivity index is 1.64. The van der Waals surface area contributed by atoms with Gasteiger partial charge in [0.15, 0.2) is 0 Å². The van der Waals surface area contributed by atoms with Gasteiger partial charge >= 0.3 is 0 Å². The molecule has 6 heteroatoms. The van der Waals surface area contributed by atoms with Crippen LogP contribution in [0.2, 0.25) is 0 Å². The van der Waals surface area contributed by atoms with E-state index in [4.69, 9.17) is 0 Å². The van der Waals surface area contributed by atoms with Crippen molar-refractivity contribution in [2.45, 2.75) is 45.1 Å². The summed E-state index contributed by atoms with van der Waals surface area (Å²) in [5, 5.41) is 17.0. The van der Waals surface area contributed by atoms with Crippen molar-refractivity contribution in [3.8, 4) is 0 Å². The fraction of sp³-hybridized carbons (Fsp3) is 0.526. The summed E-state index contributed by atoms with van der Waals surface area (Å²) < 4.78 is 1.96. The smallest absolute Gasteiger partial charge is 0.254 e. The number of nitrogens with one attached hydrogen (secondary N) is 1. The predicted octanol–water partition coefficient (Wildman–Crippen LogP) is 2.32. The summed E-state index contributed by atoms with van der Waals surface area (Å²) in [6.07, 6.45) is 6.30. The maximum absolute atomic E-state index is 12.6. The van der Waals surface area contributed by atoms with Crippen LogP contribution in [0.15, 0.2) is 30.6 Å². The van der Waals surface area contributed by atoms with Crippen LogP contribution in [0.3, 0.4) is 0 Å². The van der Waals surface area contributed by atoms with Gasteiger partial charge in [0.1, 0.15) is 0 Å². The van der Waals surface area contributed by atoms with E-state index in [1.165, 1.54) is 0 Å². The van der Waals surface area contributed by atoms with Gasteiger partial charge in [-0.25, -0.2) is 0 Å². The third kappa shape index (κ3) is 4.25. The zero-order chi connectivity index (χ0) is 17.8. The summed E-state index contributed by atoms with van der Waals surface area (Å²) in [7, 11) is 0. The predicted molar refractivity (Wildman–Crippen MR) is 95.4 cm³/mol. The van der Waals surface area contributed by atoms with Crippen LogP contribution in [0, 0.1) is 5.92 Å². The average Bonchev–Trinajstić information content (AvgIpc) is 3.36. The molecule has 0 aromatic carbocycles. The van der Waals surface area contributed by atoms with Crippen LogP contribution in [0.4, 0.5) is 0 Å². The van der Waals surface area contributed by atoms with E-state index in [2.05, 4.69) is 29.2 Å². The molecule has 134 valence electrons. The van der Waals surface area contributed by atoms with Gasteiger partial charge in [0.2, 0.25) is 0 Å². The van der Waals surface area contributed by atoms with Gasteiger partial charge < -0.3 is 10.4 Å². The lowest BCUT2D eigenvalue weighted by molar-refractivity contribution is 0.0938.